The molecule has 0 aliphatic carbocycles. The van der Waals surface area contributed by atoms with Crippen molar-refractivity contribution in [3.05, 3.63) is 53.2 Å². The normalized spacial score (nSPS) is 13.7. The van der Waals surface area contributed by atoms with E-state index in [9.17, 15) is 13.2 Å². The molecule has 1 amide bonds. The molecule has 1 saturated heterocycles. The Kier molecular flexibility index (Phi) is 6.80. The summed E-state index contributed by atoms with van der Waals surface area (Å²) >= 11 is 1.12. The van der Waals surface area contributed by atoms with Gasteiger partial charge >= 0.3 is 0 Å². The first-order chi connectivity index (χ1) is 15.8. The Morgan fingerprint density at radius 3 is 2.45 bits per heavy atom. The molecule has 0 atom stereocenters. The second kappa shape index (κ2) is 9.75. The van der Waals surface area contributed by atoms with Crippen molar-refractivity contribution in [2.75, 3.05) is 28.0 Å². The van der Waals surface area contributed by atoms with Crippen molar-refractivity contribution < 1.29 is 13.2 Å². The number of thiophene rings is 1. The highest BCUT2D eigenvalue weighted by atomic mass is 32.2. The lowest BCUT2D eigenvalue weighted by atomic mass is 10.3. The van der Waals surface area contributed by atoms with E-state index in [-0.39, 0.29) is 10.1 Å². The molecule has 0 unspecified atom stereocenters. The van der Waals surface area contributed by atoms with E-state index in [2.05, 4.69) is 30.2 Å². The summed E-state index contributed by atoms with van der Waals surface area (Å²) in [7, 11) is -3.71. The van der Waals surface area contributed by atoms with Crippen LogP contribution in [0.1, 0.15) is 30.5 Å². The number of carbonyl (C=O) groups excluding carboxylic acids is 1. The van der Waals surface area contributed by atoms with Gasteiger partial charge in [-0.05, 0) is 56.2 Å². The van der Waals surface area contributed by atoms with Gasteiger partial charge in [-0.1, -0.05) is 0 Å². The summed E-state index contributed by atoms with van der Waals surface area (Å²) in [4.78, 5) is 23.1. The van der Waals surface area contributed by atoms with E-state index in [0.29, 0.717) is 23.9 Å². The van der Waals surface area contributed by atoms with Gasteiger partial charge in [-0.2, -0.15) is 0 Å². The number of carbonyl (C=O) groups is 1. The van der Waals surface area contributed by atoms with Gasteiger partial charge in [-0.25, -0.2) is 18.4 Å². The Balaban J connectivity index is 1.42. The lowest BCUT2D eigenvalue weighted by Gasteiger charge is -2.18. The molecule has 0 bridgehead atoms. The van der Waals surface area contributed by atoms with Crippen LogP contribution in [0.2, 0.25) is 0 Å². The molecule has 0 spiro atoms. The quantitative estimate of drug-likeness (QED) is 0.445. The van der Waals surface area contributed by atoms with Crippen molar-refractivity contribution in [1.29, 1.82) is 0 Å². The van der Waals surface area contributed by atoms with E-state index in [1.807, 2.05) is 13.0 Å². The number of anilines is 4. The maximum absolute atomic E-state index is 12.7. The van der Waals surface area contributed by atoms with E-state index >= 15 is 0 Å². The van der Waals surface area contributed by atoms with Gasteiger partial charge in [0.15, 0.2) is 0 Å². The van der Waals surface area contributed by atoms with Crippen molar-refractivity contribution in [1.82, 2.24) is 15.3 Å². The summed E-state index contributed by atoms with van der Waals surface area (Å²) in [6, 6.07) is 12.1. The number of aryl methyl sites for hydroxylation is 1. The van der Waals surface area contributed by atoms with Gasteiger partial charge in [0, 0.05) is 42.3 Å². The number of amides is 1. The molecule has 0 radical (unpaired) electrons. The SMILES string of the molecule is CC(=O)NCc1ccc(S(=O)(=O)Nc2ccc(Nc3cc(N4CCCC4)nc(C)n3)cc2)s1. The molecular weight excluding hydrogens is 460 g/mol. The first kappa shape index (κ1) is 23.0. The number of nitrogens with zero attached hydrogens (tertiary/aromatic N) is 3. The standard InChI is InChI=1S/C22H26N6O3S2/c1-15-24-20(13-21(25-15)28-11-3-4-12-28)26-17-5-7-18(8-6-17)27-33(30,31)22-10-9-19(32-22)14-23-16(2)29/h5-10,13,27H,3-4,11-12,14H2,1-2H3,(H,23,29)(H,24,25,26). The molecule has 3 aromatic rings. The van der Waals surface area contributed by atoms with Gasteiger partial charge in [0.05, 0.1) is 6.54 Å². The number of benzene rings is 1. The third-order valence-electron chi connectivity index (χ3n) is 5.08. The molecule has 3 N–H and O–H groups in total. The van der Waals surface area contributed by atoms with Crippen LogP contribution < -0.4 is 20.3 Å². The molecule has 1 aliphatic rings. The average molecular weight is 487 g/mol. The van der Waals surface area contributed by atoms with Crippen LogP contribution in [0.3, 0.4) is 0 Å². The third kappa shape index (κ3) is 5.99. The summed E-state index contributed by atoms with van der Waals surface area (Å²) < 4.78 is 28.2. The van der Waals surface area contributed by atoms with Gasteiger partial charge in [0.1, 0.15) is 21.7 Å². The Morgan fingerprint density at radius 2 is 1.76 bits per heavy atom. The maximum Gasteiger partial charge on any atom is 0.271 e. The number of nitrogens with one attached hydrogen (secondary N) is 3. The van der Waals surface area contributed by atoms with Crippen molar-refractivity contribution in [3.8, 4) is 0 Å². The van der Waals surface area contributed by atoms with Crippen LogP contribution in [0.5, 0.6) is 0 Å². The molecular formula is C22H26N6O3S2. The van der Waals surface area contributed by atoms with Crippen LogP contribution in [-0.2, 0) is 21.4 Å². The molecule has 3 heterocycles. The van der Waals surface area contributed by atoms with Crippen LogP contribution in [0.4, 0.5) is 23.0 Å². The fourth-order valence-corrected chi connectivity index (χ4v) is 5.86. The lowest BCUT2D eigenvalue weighted by Crippen LogP contribution is -2.19. The lowest BCUT2D eigenvalue weighted by molar-refractivity contribution is -0.119. The van der Waals surface area contributed by atoms with Crippen LogP contribution in [0.25, 0.3) is 0 Å². The monoisotopic (exact) mass is 486 g/mol. The third-order valence-corrected chi connectivity index (χ3v) is 8.04. The number of sulfonamides is 1. The van der Waals surface area contributed by atoms with Gasteiger partial charge in [-0.3, -0.25) is 9.52 Å². The summed E-state index contributed by atoms with van der Waals surface area (Å²) in [5.41, 5.74) is 1.24. The Bertz CT molecular complexity index is 1240. The number of hydrogen-bond donors (Lipinski definition) is 3. The molecule has 11 heteroatoms. The number of aromatic nitrogens is 2. The van der Waals surface area contributed by atoms with Crippen molar-refractivity contribution in [3.63, 3.8) is 0 Å². The van der Waals surface area contributed by atoms with E-state index in [1.165, 1.54) is 25.8 Å². The van der Waals surface area contributed by atoms with E-state index < -0.39 is 10.0 Å². The van der Waals surface area contributed by atoms with Gasteiger partial charge in [0.25, 0.3) is 10.0 Å². The molecule has 174 valence electrons. The second-order valence-corrected chi connectivity index (χ2v) is 10.9. The summed E-state index contributed by atoms with van der Waals surface area (Å²) in [5.74, 6) is 2.15. The zero-order valence-electron chi connectivity index (χ0n) is 18.5. The molecule has 9 nitrogen and oxygen atoms in total. The van der Waals surface area contributed by atoms with Crippen molar-refractivity contribution >= 4 is 50.3 Å². The average Bonchev–Trinajstić information content (AvgIpc) is 3.46. The molecule has 1 fully saturated rings. The topological polar surface area (TPSA) is 116 Å². The largest absolute Gasteiger partial charge is 0.356 e. The van der Waals surface area contributed by atoms with Crippen LogP contribution in [0.15, 0.2) is 46.7 Å². The Labute approximate surface area is 197 Å². The summed E-state index contributed by atoms with van der Waals surface area (Å²) in [6.45, 7) is 5.60. The van der Waals surface area contributed by atoms with Gasteiger partial charge < -0.3 is 15.5 Å². The van der Waals surface area contributed by atoms with Crippen molar-refractivity contribution in [2.24, 2.45) is 0 Å². The molecule has 2 aromatic heterocycles. The maximum atomic E-state index is 12.7. The first-order valence-corrected chi connectivity index (χ1v) is 12.9. The smallest absolute Gasteiger partial charge is 0.271 e. The fraction of sp³-hybridized carbons (Fsp3) is 0.318. The summed E-state index contributed by atoms with van der Waals surface area (Å²) in [5, 5.41) is 5.93. The first-order valence-electron chi connectivity index (χ1n) is 10.6. The zero-order valence-corrected chi connectivity index (χ0v) is 20.1. The summed E-state index contributed by atoms with van der Waals surface area (Å²) in [6.07, 6.45) is 2.34. The zero-order chi connectivity index (χ0) is 23.4. The number of rotatable bonds is 8. The predicted octanol–water partition coefficient (Wildman–Crippen LogP) is 3.63. The minimum Gasteiger partial charge on any atom is -0.356 e. The Morgan fingerprint density at radius 1 is 1.06 bits per heavy atom. The Hall–Kier alpha value is -3.18. The minimum atomic E-state index is -3.71. The highest BCUT2D eigenvalue weighted by molar-refractivity contribution is 7.94. The molecule has 0 saturated carbocycles. The second-order valence-electron chi connectivity index (χ2n) is 7.79. The number of hydrogen-bond acceptors (Lipinski definition) is 8. The molecule has 33 heavy (non-hydrogen) atoms. The van der Waals surface area contributed by atoms with Gasteiger partial charge in [0.2, 0.25) is 5.91 Å². The van der Waals surface area contributed by atoms with E-state index in [0.717, 1.165) is 40.8 Å². The van der Waals surface area contributed by atoms with Crippen LogP contribution in [0, 0.1) is 6.92 Å². The fourth-order valence-electron chi connectivity index (χ4n) is 3.51. The minimum absolute atomic E-state index is 0.163. The predicted molar refractivity (Wildman–Crippen MR) is 131 cm³/mol. The highest BCUT2D eigenvalue weighted by Gasteiger charge is 2.18. The van der Waals surface area contributed by atoms with Crippen LogP contribution in [-0.4, -0.2) is 37.4 Å². The van der Waals surface area contributed by atoms with E-state index in [1.54, 1.807) is 30.3 Å². The van der Waals surface area contributed by atoms with Gasteiger partial charge in [-0.15, -0.1) is 11.3 Å². The van der Waals surface area contributed by atoms with Crippen molar-refractivity contribution in [2.45, 2.75) is 37.4 Å². The molecule has 1 aromatic carbocycles. The molecule has 1 aliphatic heterocycles. The van der Waals surface area contributed by atoms with Crippen LogP contribution >= 0.6 is 11.3 Å². The highest BCUT2D eigenvalue weighted by Crippen LogP contribution is 2.26. The van der Waals surface area contributed by atoms with E-state index in [4.69, 9.17) is 0 Å². The molecule has 4 rings (SSSR count).